The van der Waals surface area contributed by atoms with Gasteiger partial charge in [-0.3, -0.25) is 10.1 Å². The van der Waals surface area contributed by atoms with E-state index in [0.717, 1.165) is 11.3 Å². The van der Waals surface area contributed by atoms with Crippen LogP contribution in [0.1, 0.15) is 5.56 Å². The van der Waals surface area contributed by atoms with E-state index in [2.05, 4.69) is 10.6 Å². The van der Waals surface area contributed by atoms with E-state index in [-0.39, 0.29) is 17.6 Å². The minimum absolute atomic E-state index is 0.148. The molecule has 2 rings (SSSR count). The lowest BCUT2D eigenvalue weighted by Gasteiger charge is -2.11. The molecule has 2 aromatic rings. The smallest absolute Gasteiger partial charge is 0.264 e. The topological polar surface area (TPSA) is 50.4 Å². The van der Waals surface area contributed by atoms with E-state index in [9.17, 15) is 4.79 Å². The van der Waals surface area contributed by atoms with Gasteiger partial charge in [-0.05, 0) is 67.2 Å². The second kappa shape index (κ2) is 8.15. The summed E-state index contributed by atoms with van der Waals surface area (Å²) in [5.41, 5.74) is 1.58. The number of halogens is 2. The van der Waals surface area contributed by atoms with Crippen molar-refractivity contribution in [3.8, 4) is 5.75 Å². The summed E-state index contributed by atoms with van der Waals surface area (Å²) in [6.45, 7) is 1.71. The Bertz CT molecular complexity index is 721. The fraction of sp³-hybridized carbons (Fsp3) is 0.125. The predicted molar refractivity (Wildman–Crippen MR) is 97.5 cm³/mol. The van der Waals surface area contributed by atoms with Crippen LogP contribution < -0.4 is 15.4 Å². The number of hydrogen-bond donors (Lipinski definition) is 2. The maximum absolute atomic E-state index is 11.8. The molecule has 2 N–H and O–H groups in total. The molecule has 0 atom stereocenters. The van der Waals surface area contributed by atoms with Crippen molar-refractivity contribution >= 4 is 52.1 Å². The van der Waals surface area contributed by atoms with Crippen LogP contribution in [0.4, 0.5) is 5.69 Å². The van der Waals surface area contributed by atoms with Gasteiger partial charge in [0.15, 0.2) is 11.7 Å². The number of rotatable bonds is 4. The zero-order valence-electron chi connectivity index (χ0n) is 12.2. The van der Waals surface area contributed by atoms with Gasteiger partial charge in [-0.25, -0.2) is 0 Å². The van der Waals surface area contributed by atoms with Crippen molar-refractivity contribution in [2.24, 2.45) is 0 Å². The average molecular weight is 369 g/mol. The first-order chi connectivity index (χ1) is 10.9. The van der Waals surface area contributed by atoms with Crippen LogP contribution >= 0.6 is 35.4 Å². The number of carbonyl (C=O) groups is 1. The van der Waals surface area contributed by atoms with Crippen molar-refractivity contribution in [2.45, 2.75) is 6.92 Å². The standard InChI is InChI=1S/C16H14Cl2N2O2S/c1-10-8-12(18)4-7-14(10)22-9-15(21)20-16(23)19-13-5-2-11(17)3-6-13/h2-8H,9H2,1H3,(H2,19,20,21,23). The highest BCUT2D eigenvalue weighted by atomic mass is 35.5. The molecule has 1 amide bonds. The van der Waals surface area contributed by atoms with Crippen LogP contribution in [0.3, 0.4) is 0 Å². The summed E-state index contributed by atoms with van der Waals surface area (Å²) >= 11 is 16.7. The molecule has 0 saturated heterocycles. The number of anilines is 1. The normalized spacial score (nSPS) is 10.0. The van der Waals surface area contributed by atoms with E-state index in [1.165, 1.54) is 0 Å². The Morgan fingerprint density at radius 2 is 1.78 bits per heavy atom. The van der Waals surface area contributed by atoms with Crippen molar-refractivity contribution in [3.63, 3.8) is 0 Å². The first-order valence-electron chi connectivity index (χ1n) is 6.69. The van der Waals surface area contributed by atoms with Crippen molar-refractivity contribution in [3.05, 3.63) is 58.1 Å². The number of thiocarbonyl (C=S) groups is 1. The van der Waals surface area contributed by atoms with E-state index in [1.54, 1.807) is 42.5 Å². The molecule has 0 aliphatic carbocycles. The maximum Gasteiger partial charge on any atom is 0.264 e. The van der Waals surface area contributed by atoms with E-state index in [1.807, 2.05) is 6.92 Å². The summed E-state index contributed by atoms with van der Waals surface area (Å²) in [5, 5.41) is 6.86. The average Bonchev–Trinajstić information content (AvgIpc) is 2.48. The van der Waals surface area contributed by atoms with Gasteiger partial charge in [0.25, 0.3) is 5.91 Å². The van der Waals surface area contributed by atoms with Crippen LogP contribution in [-0.4, -0.2) is 17.6 Å². The van der Waals surface area contributed by atoms with Gasteiger partial charge in [-0.15, -0.1) is 0 Å². The van der Waals surface area contributed by atoms with Gasteiger partial charge in [0.05, 0.1) is 0 Å². The van der Waals surface area contributed by atoms with Crippen LogP contribution in [0.2, 0.25) is 10.0 Å². The molecular formula is C16H14Cl2N2O2S. The summed E-state index contributed by atoms with van der Waals surface area (Å²) in [5.74, 6) is 0.243. The highest BCUT2D eigenvalue weighted by Gasteiger charge is 2.07. The minimum Gasteiger partial charge on any atom is -0.483 e. The number of hydrogen-bond acceptors (Lipinski definition) is 3. The van der Waals surface area contributed by atoms with Crippen LogP contribution in [-0.2, 0) is 4.79 Å². The van der Waals surface area contributed by atoms with Crippen LogP contribution in [0.25, 0.3) is 0 Å². The monoisotopic (exact) mass is 368 g/mol. The Labute approximate surface area is 149 Å². The highest BCUT2D eigenvalue weighted by molar-refractivity contribution is 7.80. The lowest BCUT2D eigenvalue weighted by molar-refractivity contribution is -0.121. The fourth-order valence-electron chi connectivity index (χ4n) is 1.78. The molecule has 120 valence electrons. The van der Waals surface area contributed by atoms with E-state index >= 15 is 0 Å². The Morgan fingerprint density at radius 3 is 2.43 bits per heavy atom. The van der Waals surface area contributed by atoms with Gasteiger partial charge in [0, 0.05) is 15.7 Å². The largest absolute Gasteiger partial charge is 0.483 e. The molecular weight excluding hydrogens is 355 g/mol. The Balaban J connectivity index is 1.82. The number of nitrogens with one attached hydrogen (secondary N) is 2. The van der Waals surface area contributed by atoms with Crippen molar-refractivity contribution in [1.29, 1.82) is 0 Å². The highest BCUT2D eigenvalue weighted by Crippen LogP contribution is 2.21. The quantitative estimate of drug-likeness (QED) is 0.794. The number of amides is 1. The molecule has 0 aliphatic rings. The molecule has 0 heterocycles. The summed E-state index contributed by atoms with van der Waals surface area (Å²) in [7, 11) is 0. The Morgan fingerprint density at radius 1 is 1.13 bits per heavy atom. The second-order valence-electron chi connectivity index (χ2n) is 4.71. The molecule has 0 aromatic heterocycles. The Kier molecular flexibility index (Phi) is 6.21. The minimum atomic E-state index is -0.356. The molecule has 0 saturated carbocycles. The van der Waals surface area contributed by atoms with Gasteiger partial charge < -0.3 is 10.1 Å². The van der Waals surface area contributed by atoms with Crippen molar-refractivity contribution in [1.82, 2.24) is 5.32 Å². The lowest BCUT2D eigenvalue weighted by Crippen LogP contribution is -2.37. The second-order valence-corrected chi connectivity index (χ2v) is 5.99. The van der Waals surface area contributed by atoms with Crippen molar-refractivity contribution < 1.29 is 9.53 Å². The van der Waals surface area contributed by atoms with Crippen LogP contribution in [0.5, 0.6) is 5.75 Å². The molecule has 0 bridgehead atoms. The first kappa shape index (κ1) is 17.5. The van der Waals surface area contributed by atoms with Crippen LogP contribution in [0.15, 0.2) is 42.5 Å². The fourth-order valence-corrected chi connectivity index (χ4v) is 2.36. The number of carbonyl (C=O) groups excluding carboxylic acids is 1. The van der Waals surface area contributed by atoms with E-state index in [4.69, 9.17) is 40.2 Å². The zero-order chi connectivity index (χ0) is 16.8. The van der Waals surface area contributed by atoms with E-state index < -0.39 is 0 Å². The van der Waals surface area contributed by atoms with Crippen LogP contribution in [0, 0.1) is 6.92 Å². The molecule has 7 heteroatoms. The predicted octanol–water partition coefficient (Wildman–Crippen LogP) is 4.19. The van der Waals surface area contributed by atoms with Gasteiger partial charge >= 0.3 is 0 Å². The molecule has 0 spiro atoms. The van der Waals surface area contributed by atoms with Gasteiger partial charge in [0.1, 0.15) is 5.75 Å². The van der Waals surface area contributed by atoms with Crippen molar-refractivity contribution in [2.75, 3.05) is 11.9 Å². The molecule has 0 radical (unpaired) electrons. The first-order valence-corrected chi connectivity index (χ1v) is 7.86. The van der Waals surface area contributed by atoms with Gasteiger partial charge in [-0.2, -0.15) is 0 Å². The van der Waals surface area contributed by atoms with Gasteiger partial charge in [0.2, 0.25) is 0 Å². The third-order valence-corrected chi connectivity index (χ3v) is 3.54. The third kappa shape index (κ3) is 5.71. The molecule has 4 nitrogen and oxygen atoms in total. The SMILES string of the molecule is Cc1cc(Cl)ccc1OCC(=O)NC(=S)Nc1ccc(Cl)cc1. The zero-order valence-corrected chi connectivity index (χ0v) is 14.6. The van der Waals surface area contributed by atoms with Gasteiger partial charge in [-0.1, -0.05) is 23.2 Å². The van der Waals surface area contributed by atoms with E-state index in [0.29, 0.717) is 15.8 Å². The molecule has 23 heavy (non-hydrogen) atoms. The Hall–Kier alpha value is -1.82. The molecule has 0 fully saturated rings. The number of aryl methyl sites for hydroxylation is 1. The maximum atomic E-state index is 11.8. The molecule has 2 aromatic carbocycles. The summed E-state index contributed by atoms with van der Waals surface area (Å²) in [4.78, 5) is 11.8. The summed E-state index contributed by atoms with van der Waals surface area (Å²) in [6.07, 6.45) is 0. The molecule has 0 aliphatic heterocycles. The third-order valence-electron chi connectivity index (χ3n) is 2.85. The summed E-state index contributed by atoms with van der Waals surface area (Å²) in [6, 6.07) is 12.1. The summed E-state index contributed by atoms with van der Waals surface area (Å²) < 4.78 is 5.44. The lowest BCUT2D eigenvalue weighted by atomic mass is 10.2. The number of benzene rings is 2. The number of ether oxygens (including phenoxy) is 1. The molecule has 0 unspecified atom stereocenters.